The van der Waals surface area contributed by atoms with Crippen molar-refractivity contribution in [3.05, 3.63) is 71.4 Å². The van der Waals surface area contributed by atoms with Gasteiger partial charge in [0, 0.05) is 58.8 Å². The van der Waals surface area contributed by atoms with Crippen LogP contribution in [0.15, 0.2) is 63.7 Å². The molecule has 2 aromatic carbocycles. The molecular weight excluding hydrogens is 493 g/mol. The number of halogens is 1. The van der Waals surface area contributed by atoms with Crippen molar-refractivity contribution >= 4 is 40.9 Å². The molecule has 0 aliphatic rings. The minimum absolute atomic E-state index is 0.103. The number of nitrogens with one attached hydrogen (secondary N) is 1. The van der Waals surface area contributed by atoms with Crippen LogP contribution in [0.1, 0.15) is 36.3 Å². The molecule has 0 spiro atoms. The van der Waals surface area contributed by atoms with Crippen LogP contribution in [0.3, 0.4) is 0 Å². The van der Waals surface area contributed by atoms with Crippen molar-refractivity contribution in [3.63, 3.8) is 0 Å². The number of carbonyl (C=O) groups is 1. The molecule has 0 bridgehead atoms. The first-order valence-corrected chi connectivity index (χ1v) is 12.3. The Morgan fingerprint density at radius 3 is 2.57 bits per heavy atom. The highest BCUT2D eigenvalue weighted by Gasteiger charge is 2.12. The van der Waals surface area contributed by atoms with E-state index in [2.05, 4.69) is 15.3 Å². The molecule has 0 aliphatic heterocycles. The highest BCUT2D eigenvalue weighted by molar-refractivity contribution is 7.13. The lowest BCUT2D eigenvalue weighted by molar-refractivity contribution is 0.0739. The average molecular weight is 524 g/mol. The monoisotopic (exact) mass is 523 g/mol. The summed E-state index contributed by atoms with van der Waals surface area (Å²) >= 11 is 1.29. The van der Waals surface area contributed by atoms with Gasteiger partial charge in [0.05, 0.1) is 23.8 Å². The number of thiazole rings is 1. The van der Waals surface area contributed by atoms with Crippen molar-refractivity contribution in [2.24, 2.45) is 4.99 Å². The largest absolute Gasteiger partial charge is 0.472 e. The fraction of sp³-hybridized carbons (Fsp3) is 0.222. The van der Waals surface area contributed by atoms with Crippen molar-refractivity contribution in [1.82, 2.24) is 4.98 Å². The second-order valence-corrected chi connectivity index (χ2v) is 9.68. The molecule has 194 valence electrons. The molecule has 0 atom stereocenters. The Hall–Kier alpha value is -4.02. The van der Waals surface area contributed by atoms with Crippen LogP contribution in [0.5, 0.6) is 0 Å². The second-order valence-electron chi connectivity index (χ2n) is 8.82. The molecule has 0 amide bonds. The number of aldehydes is 1. The predicted molar refractivity (Wildman–Crippen MR) is 149 cm³/mol. The van der Waals surface area contributed by atoms with Crippen LogP contribution in [-0.4, -0.2) is 41.8 Å². The van der Waals surface area contributed by atoms with E-state index >= 15 is 0 Å². The van der Waals surface area contributed by atoms with Gasteiger partial charge < -0.3 is 26.3 Å². The van der Waals surface area contributed by atoms with E-state index in [-0.39, 0.29) is 5.69 Å². The van der Waals surface area contributed by atoms with E-state index < -0.39 is 11.4 Å². The van der Waals surface area contributed by atoms with Crippen LogP contribution in [-0.2, 0) is 0 Å². The summed E-state index contributed by atoms with van der Waals surface area (Å²) < 4.78 is 18.3. The number of aliphatic imine (C=N–C) groups is 1. The van der Waals surface area contributed by atoms with Gasteiger partial charge in [-0.1, -0.05) is 0 Å². The molecule has 8 nitrogen and oxygen atoms in total. The Labute approximate surface area is 218 Å². The van der Waals surface area contributed by atoms with Crippen molar-refractivity contribution in [2.45, 2.75) is 25.9 Å². The maximum Gasteiger partial charge on any atom is 0.169 e. The zero-order chi connectivity index (χ0) is 27.0. The van der Waals surface area contributed by atoms with E-state index in [9.17, 15) is 14.3 Å². The molecule has 0 saturated carbocycles. The first-order valence-electron chi connectivity index (χ1n) is 11.4. The molecular formula is C27H30FN5O3S. The third-order valence-corrected chi connectivity index (χ3v) is 6.21. The molecule has 4 aromatic rings. The lowest BCUT2D eigenvalue weighted by Crippen LogP contribution is -2.19. The molecule has 0 radical (unpaired) electrons. The molecule has 0 unspecified atom stereocenters. The van der Waals surface area contributed by atoms with Gasteiger partial charge in [-0.25, -0.2) is 9.37 Å². The van der Waals surface area contributed by atoms with E-state index in [0.29, 0.717) is 41.2 Å². The van der Waals surface area contributed by atoms with Gasteiger partial charge in [0.25, 0.3) is 0 Å². The number of furan rings is 1. The first-order chi connectivity index (χ1) is 17.6. The fourth-order valence-corrected chi connectivity index (χ4v) is 4.00. The minimum Gasteiger partial charge on any atom is -0.472 e. The number of nitrogens with zero attached hydrogens (tertiary/aromatic N) is 2. The van der Waals surface area contributed by atoms with E-state index in [1.807, 2.05) is 25.2 Å². The van der Waals surface area contributed by atoms with Crippen LogP contribution in [0.2, 0.25) is 0 Å². The van der Waals surface area contributed by atoms with Crippen molar-refractivity contribution in [3.8, 4) is 21.7 Å². The van der Waals surface area contributed by atoms with Gasteiger partial charge in [0.2, 0.25) is 0 Å². The molecule has 0 saturated heterocycles. The zero-order valence-electron chi connectivity index (χ0n) is 20.9. The van der Waals surface area contributed by atoms with Gasteiger partial charge >= 0.3 is 0 Å². The van der Waals surface area contributed by atoms with Gasteiger partial charge in [-0.05, 0) is 56.7 Å². The molecule has 0 fully saturated rings. The summed E-state index contributed by atoms with van der Waals surface area (Å²) in [6, 6.07) is 10.2. The van der Waals surface area contributed by atoms with Gasteiger partial charge in [-0.2, -0.15) is 0 Å². The van der Waals surface area contributed by atoms with Gasteiger partial charge in [0.15, 0.2) is 6.29 Å². The molecule has 4 rings (SSSR count). The summed E-state index contributed by atoms with van der Waals surface area (Å²) in [4.78, 5) is 18.8. The Balaban J connectivity index is 0.000000220. The summed E-state index contributed by atoms with van der Waals surface area (Å²) in [6.07, 6.45) is 6.34. The summed E-state index contributed by atoms with van der Waals surface area (Å²) in [7, 11) is 1.87. The summed E-state index contributed by atoms with van der Waals surface area (Å²) in [5.74, 6) is -0.477. The van der Waals surface area contributed by atoms with Gasteiger partial charge in [0.1, 0.15) is 16.5 Å². The van der Waals surface area contributed by atoms with Crippen LogP contribution >= 0.6 is 11.3 Å². The number of nitrogen functional groups attached to an aromatic ring is 2. The number of carbonyl (C=O) groups excluding carboxylic acids is 1. The first kappa shape index (κ1) is 27.6. The predicted octanol–water partition coefficient (Wildman–Crippen LogP) is 5.49. The minimum atomic E-state index is -0.704. The number of benzene rings is 2. The summed E-state index contributed by atoms with van der Waals surface area (Å²) in [6.45, 7) is 4.10. The van der Waals surface area contributed by atoms with Gasteiger partial charge in [-0.3, -0.25) is 9.79 Å². The molecule has 6 N–H and O–H groups in total. The van der Waals surface area contributed by atoms with Crippen molar-refractivity contribution in [1.29, 1.82) is 0 Å². The summed E-state index contributed by atoms with van der Waals surface area (Å²) in [5, 5.41) is 15.1. The maximum atomic E-state index is 13.1. The third kappa shape index (κ3) is 7.73. The molecule has 0 aliphatic carbocycles. The SMILES string of the molecule is CNc1cc(C=NCCC(C)(C)O)c(N)cc1-c1ccoc1.Nc1ccc(-c2nc(C=O)cs2)cc1F. The third-order valence-electron chi connectivity index (χ3n) is 5.30. The maximum absolute atomic E-state index is 13.1. The van der Waals surface area contributed by atoms with Crippen LogP contribution in [0.25, 0.3) is 21.7 Å². The van der Waals surface area contributed by atoms with Gasteiger partial charge in [-0.15, -0.1) is 11.3 Å². The highest BCUT2D eigenvalue weighted by Crippen LogP contribution is 2.32. The Morgan fingerprint density at radius 2 is 1.97 bits per heavy atom. The van der Waals surface area contributed by atoms with Crippen molar-refractivity contribution in [2.75, 3.05) is 30.4 Å². The summed E-state index contributed by atoms with van der Waals surface area (Å²) in [5.41, 5.74) is 16.3. The molecule has 2 aromatic heterocycles. The Kier molecular flexibility index (Phi) is 9.15. The number of anilines is 3. The number of rotatable bonds is 8. The topological polar surface area (TPSA) is 140 Å². The molecule has 2 heterocycles. The number of nitrogens with two attached hydrogens (primary N) is 2. The molecule has 37 heavy (non-hydrogen) atoms. The lowest BCUT2D eigenvalue weighted by Gasteiger charge is -2.14. The van der Waals surface area contributed by atoms with E-state index in [0.717, 1.165) is 22.4 Å². The van der Waals surface area contributed by atoms with Crippen molar-refractivity contribution < 1.29 is 18.7 Å². The lowest BCUT2D eigenvalue weighted by atomic mass is 10.0. The second kappa shape index (κ2) is 12.3. The van der Waals surface area contributed by atoms with E-state index in [1.165, 1.54) is 23.5 Å². The van der Waals surface area contributed by atoms with E-state index in [1.54, 1.807) is 44.0 Å². The standard InChI is InChI=1S/C17H23N3O2.C10H7FN2OS/c1-17(2,21)5-6-20-10-13-8-16(19-3)14(9-15(13)18)12-4-7-22-11-12;11-8-3-6(1-2-9(8)12)10-13-7(4-14)5-15-10/h4,7-11,19,21H,5-6,18H2,1-3H3;1-5H,12H2. The highest BCUT2D eigenvalue weighted by atomic mass is 32.1. The van der Waals surface area contributed by atoms with Crippen LogP contribution < -0.4 is 16.8 Å². The number of hydrogen-bond donors (Lipinski definition) is 4. The average Bonchev–Trinajstić information content (AvgIpc) is 3.56. The zero-order valence-corrected chi connectivity index (χ0v) is 21.7. The smallest absolute Gasteiger partial charge is 0.169 e. The normalized spacial score (nSPS) is 11.3. The number of aromatic nitrogens is 1. The Morgan fingerprint density at radius 1 is 1.19 bits per heavy atom. The number of aliphatic hydroxyl groups is 1. The Bertz CT molecular complexity index is 1360. The number of hydrogen-bond acceptors (Lipinski definition) is 9. The van der Waals surface area contributed by atoms with Crippen LogP contribution in [0, 0.1) is 5.82 Å². The quantitative estimate of drug-likeness (QED) is 0.136. The van der Waals surface area contributed by atoms with Crippen LogP contribution in [0.4, 0.5) is 21.5 Å². The molecule has 10 heteroatoms. The fourth-order valence-electron chi connectivity index (χ4n) is 3.24. The van der Waals surface area contributed by atoms with E-state index in [4.69, 9.17) is 15.9 Å².